The number of quaternary nitrogens is 1. The van der Waals surface area contributed by atoms with E-state index in [0.717, 1.165) is 13.0 Å². The van der Waals surface area contributed by atoms with Gasteiger partial charge in [-0.2, -0.15) is 8.42 Å². The molecule has 0 aromatic rings. The van der Waals surface area contributed by atoms with Crippen molar-refractivity contribution in [1.29, 1.82) is 0 Å². The lowest BCUT2D eigenvalue weighted by Crippen LogP contribution is -2.43. The smallest absolute Gasteiger partial charge is 0.265 e. The van der Waals surface area contributed by atoms with E-state index >= 15 is 0 Å². The summed E-state index contributed by atoms with van der Waals surface area (Å²) in [4.78, 5) is 10.9. The summed E-state index contributed by atoms with van der Waals surface area (Å²) < 4.78 is 30.4. The largest absolute Gasteiger partial charge is 0.870 e. The minimum Gasteiger partial charge on any atom is -0.870 e. The summed E-state index contributed by atoms with van der Waals surface area (Å²) in [6.45, 7) is 5.41. The molecule has 0 fully saturated rings. The molecule has 0 saturated heterocycles. The van der Waals surface area contributed by atoms with Gasteiger partial charge in [0.15, 0.2) is 0 Å². The van der Waals surface area contributed by atoms with Crippen molar-refractivity contribution in [1.82, 2.24) is 5.32 Å². The molecule has 0 heterocycles. The number of carbonyl (C=O) groups excluding carboxylic acids is 1. The van der Waals surface area contributed by atoms with Crippen LogP contribution in [0.3, 0.4) is 0 Å². The molecule has 3 N–H and O–H groups in total. The first-order valence-corrected chi connectivity index (χ1v) is 7.45. The number of rotatable bonds is 9. The minimum atomic E-state index is -3.86. The summed E-state index contributed by atoms with van der Waals surface area (Å²) in [6.07, 6.45) is 2.45. The van der Waals surface area contributed by atoms with Crippen LogP contribution >= 0.6 is 0 Å². The maximum Gasteiger partial charge on any atom is 0.265 e. The summed E-state index contributed by atoms with van der Waals surface area (Å²) in [5.74, 6) is -0.395. The Bertz CT molecular complexity index is 379. The zero-order valence-electron chi connectivity index (χ0n) is 11.5. The van der Waals surface area contributed by atoms with Gasteiger partial charge in [-0.3, -0.25) is 9.35 Å². The van der Waals surface area contributed by atoms with Crippen molar-refractivity contribution in [2.45, 2.75) is 12.8 Å². The molecular weight excluding hydrogens is 272 g/mol. The Morgan fingerprint density at radius 2 is 1.84 bits per heavy atom. The third-order valence-corrected chi connectivity index (χ3v) is 3.40. The van der Waals surface area contributed by atoms with Crippen molar-refractivity contribution in [2.75, 3.05) is 39.5 Å². The fraction of sp³-hybridized carbons (Fsp3) is 0.727. The molecule has 0 aromatic heterocycles. The van der Waals surface area contributed by atoms with E-state index in [-0.39, 0.29) is 17.1 Å². The molecule has 0 unspecified atom stereocenters. The molecule has 0 aromatic carbocycles. The number of carbonyl (C=O) groups is 1. The quantitative estimate of drug-likeness (QED) is 0.266. The Kier molecular flexibility index (Phi) is 9.67. The first-order valence-electron chi connectivity index (χ1n) is 5.84. The van der Waals surface area contributed by atoms with Crippen molar-refractivity contribution in [2.24, 2.45) is 0 Å². The molecule has 0 bridgehead atoms. The standard InChI is InChI=1S/C11H22N2O4S.H2O/c1-4-11(14)12-7-5-8-13(2,3)9-6-10-18(15,16)17;/h4H,1,5-10H2,2-3H3,(H-,12,14,15,16,17);1H2. The Hall–Kier alpha value is -0.960. The van der Waals surface area contributed by atoms with E-state index in [9.17, 15) is 13.2 Å². The van der Waals surface area contributed by atoms with Crippen molar-refractivity contribution in [3.63, 3.8) is 0 Å². The highest BCUT2D eigenvalue weighted by Crippen LogP contribution is 2.02. The Morgan fingerprint density at radius 1 is 1.32 bits per heavy atom. The molecule has 8 heteroatoms. The third-order valence-electron chi connectivity index (χ3n) is 2.59. The van der Waals surface area contributed by atoms with Gasteiger partial charge in [-0.15, -0.1) is 0 Å². The number of amides is 1. The molecule has 0 aliphatic carbocycles. The van der Waals surface area contributed by atoms with Crippen LogP contribution in [-0.2, 0) is 14.9 Å². The first-order chi connectivity index (χ1) is 8.16. The minimum absolute atomic E-state index is 0. The molecule has 0 spiro atoms. The van der Waals surface area contributed by atoms with Crippen LogP contribution in [0.15, 0.2) is 12.7 Å². The van der Waals surface area contributed by atoms with Crippen LogP contribution in [-0.4, -0.2) is 68.3 Å². The van der Waals surface area contributed by atoms with Crippen molar-refractivity contribution < 1.29 is 27.7 Å². The van der Waals surface area contributed by atoms with Gasteiger partial charge < -0.3 is 15.3 Å². The van der Waals surface area contributed by atoms with Crippen LogP contribution in [0.5, 0.6) is 0 Å². The van der Waals surface area contributed by atoms with Crippen molar-refractivity contribution in [3.8, 4) is 0 Å². The van der Waals surface area contributed by atoms with Crippen molar-refractivity contribution in [3.05, 3.63) is 12.7 Å². The van der Waals surface area contributed by atoms with Gasteiger partial charge in [0, 0.05) is 19.4 Å². The predicted molar refractivity (Wildman–Crippen MR) is 72.6 cm³/mol. The predicted octanol–water partition coefficient (Wildman–Crippen LogP) is -0.144. The molecule has 0 aliphatic heterocycles. The third kappa shape index (κ3) is 13.3. The van der Waals surface area contributed by atoms with Crippen LogP contribution in [0.25, 0.3) is 0 Å². The summed E-state index contributed by atoms with van der Waals surface area (Å²) in [5, 5.41) is 2.68. The molecule has 0 saturated carbocycles. The number of nitrogens with zero attached hydrogens (tertiary/aromatic N) is 1. The van der Waals surface area contributed by atoms with E-state index in [0.29, 0.717) is 24.0 Å². The van der Waals surface area contributed by atoms with Gasteiger partial charge in [0.1, 0.15) is 0 Å². The normalized spacial score (nSPS) is 11.5. The first kappa shape index (κ1) is 20.4. The second-order valence-corrected chi connectivity index (χ2v) is 6.44. The van der Waals surface area contributed by atoms with E-state index < -0.39 is 10.1 Å². The molecule has 0 aliphatic rings. The lowest BCUT2D eigenvalue weighted by molar-refractivity contribution is -0.890. The average molecular weight is 296 g/mol. The molecule has 0 radical (unpaired) electrons. The molecule has 1 amide bonds. The van der Waals surface area contributed by atoms with E-state index in [1.54, 1.807) is 0 Å². The van der Waals surface area contributed by atoms with E-state index in [1.807, 2.05) is 14.1 Å². The maximum atomic E-state index is 10.9. The number of nitrogens with one attached hydrogen (secondary N) is 1. The van der Waals surface area contributed by atoms with E-state index in [4.69, 9.17) is 4.55 Å². The summed E-state index contributed by atoms with van der Waals surface area (Å²) in [6, 6.07) is 0. The fourth-order valence-electron chi connectivity index (χ4n) is 1.58. The lowest BCUT2D eigenvalue weighted by Gasteiger charge is -2.29. The Balaban J connectivity index is 0. The van der Waals surface area contributed by atoms with Crippen LogP contribution < -0.4 is 5.32 Å². The molecule has 7 nitrogen and oxygen atoms in total. The van der Waals surface area contributed by atoms with Crippen LogP contribution in [0.4, 0.5) is 0 Å². The SMILES string of the molecule is C=CC(=O)NCCC[N+](C)(C)CCCS(=O)(=O)O.[OH-]. The zero-order chi connectivity index (χ0) is 14.2. The summed E-state index contributed by atoms with van der Waals surface area (Å²) >= 11 is 0. The Labute approximate surface area is 114 Å². The average Bonchev–Trinajstić information content (AvgIpc) is 2.21. The van der Waals surface area contributed by atoms with Crippen LogP contribution in [0.2, 0.25) is 0 Å². The van der Waals surface area contributed by atoms with Gasteiger partial charge >= 0.3 is 0 Å². The van der Waals surface area contributed by atoms with Gasteiger partial charge in [0.25, 0.3) is 10.1 Å². The van der Waals surface area contributed by atoms with Crippen LogP contribution in [0, 0.1) is 0 Å². The molecular formula is C11H24N2O5S. The molecule has 0 rings (SSSR count). The van der Waals surface area contributed by atoms with Gasteiger partial charge in [-0.1, -0.05) is 6.58 Å². The lowest BCUT2D eigenvalue weighted by atomic mass is 10.3. The van der Waals surface area contributed by atoms with Gasteiger partial charge in [0.2, 0.25) is 5.91 Å². The second kappa shape index (κ2) is 9.03. The van der Waals surface area contributed by atoms with Gasteiger partial charge in [-0.05, 0) is 6.08 Å². The maximum absolute atomic E-state index is 10.9. The summed E-state index contributed by atoms with van der Waals surface area (Å²) in [5.41, 5.74) is 0. The molecule has 0 atom stereocenters. The van der Waals surface area contributed by atoms with Crippen LogP contribution in [0.1, 0.15) is 12.8 Å². The highest BCUT2D eigenvalue weighted by atomic mass is 32.2. The monoisotopic (exact) mass is 296 g/mol. The molecule has 114 valence electrons. The van der Waals surface area contributed by atoms with Gasteiger partial charge in [0.05, 0.1) is 32.9 Å². The van der Waals surface area contributed by atoms with Gasteiger partial charge in [-0.25, -0.2) is 0 Å². The highest BCUT2D eigenvalue weighted by molar-refractivity contribution is 7.85. The number of hydrogen-bond acceptors (Lipinski definition) is 4. The van der Waals surface area contributed by atoms with E-state index in [1.165, 1.54) is 6.08 Å². The zero-order valence-corrected chi connectivity index (χ0v) is 12.3. The topological polar surface area (TPSA) is 113 Å². The highest BCUT2D eigenvalue weighted by Gasteiger charge is 2.16. The Morgan fingerprint density at radius 3 is 2.32 bits per heavy atom. The summed E-state index contributed by atoms with van der Waals surface area (Å²) in [7, 11) is 0.106. The fourth-order valence-corrected chi connectivity index (χ4v) is 2.07. The molecule has 19 heavy (non-hydrogen) atoms. The number of hydrogen-bond donors (Lipinski definition) is 2. The van der Waals surface area contributed by atoms with Crippen molar-refractivity contribution >= 4 is 16.0 Å². The van der Waals surface area contributed by atoms with E-state index in [2.05, 4.69) is 11.9 Å². The second-order valence-electron chi connectivity index (χ2n) is 4.87.